The van der Waals surface area contributed by atoms with Gasteiger partial charge in [0, 0.05) is 5.92 Å². The molecule has 0 saturated carbocycles. The Morgan fingerprint density at radius 3 is 2.12 bits per heavy atom. The standard InChI is InChI=1S/C27H27N3O2S/c1-4-32-23-16-14-20(15-17-23)19-10-12-22(13-11-19)24(21-8-6-5-7-9-21)27(2,3)25(31)29-26-30-28-18-33-26/h5-18,24H,4H2,1-3H3,(H,29,30,31). The number of hydrogen-bond donors (Lipinski definition) is 1. The molecule has 0 spiro atoms. The Labute approximate surface area is 198 Å². The van der Waals surface area contributed by atoms with Gasteiger partial charge in [-0.05, 0) is 41.3 Å². The molecule has 168 valence electrons. The fraction of sp³-hybridized carbons (Fsp3) is 0.222. The monoisotopic (exact) mass is 457 g/mol. The van der Waals surface area contributed by atoms with Crippen molar-refractivity contribution in [3.05, 3.63) is 95.5 Å². The Morgan fingerprint density at radius 2 is 1.55 bits per heavy atom. The number of nitrogens with zero attached hydrogens (tertiary/aromatic N) is 2. The number of rotatable bonds is 8. The van der Waals surface area contributed by atoms with Gasteiger partial charge in [-0.3, -0.25) is 4.79 Å². The van der Waals surface area contributed by atoms with Crippen LogP contribution in [0.25, 0.3) is 11.1 Å². The van der Waals surface area contributed by atoms with Gasteiger partial charge in [0.25, 0.3) is 0 Å². The molecule has 1 atom stereocenters. The Hall–Kier alpha value is -3.51. The first kappa shape index (κ1) is 22.7. The van der Waals surface area contributed by atoms with Gasteiger partial charge in [-0.25, -0.2) is 0 Å². The summed E-state index contributed by atoms with van der Waals surface area (Å²) in [6, 6.07) is 26.7. The van der Waals surface area contributed by atoms with Crippen molar-refractivity contribution in [2.75, 3.05) is 11.9 Å². The number of carbonyl (C=O) groups excluding carboxylic acids is 1. The van der Waals surface area contributed by atoms with Crippen molar-refractivity contribution in [2.24, 2.45) is 5.41 Å². The van der Waals surface area contributed by atoms with Crippen LogP contribution in [-0.2, 0) is 4.79 Å². The molecule has 0 saturated heterocycles. The van der Waals surface area contributed by atoms with Gasteiger partial charge in [0.05, 0.1) is 12.0 Å². The van der Waals surface area contributed by atoms with E-state index >= 15 is 0 Å². The minimum absolute atomic E-state index is 0.0938. The summed E-state index contributed by atoms with van der Waals surface area (Å²) >= 11 is 1.31. The van der Waals surface area contributed by atoms with E-state index in [9.17, 15) is 4.79 Å². The number of benzene rings is 3. The fourth-order valence-corrected chi connectivity index (χ4v) is 4.51. The van der Waals surface area contributed by atoms with Gasteiger partial charge >= 0.3 is 0 Å². The second-order valence-electron chi connectivity index (χ2n) is 8.34. The first-order valence-electron chi connectivity index (χ1n) is 10.9. The lowest BCUT2D eigenvalue weighted by Gasteiger charge is -2.33. The average Bonchev–Trinajstić information content (AvgIpc) is 3.34. The van der Waals surface area contributed by atoms with Gasteiger partial charge < -0.3 is 10.1 Å². The molecule has 1 aromatic heterocycles. The summed E-state index contributed by atoms with van der Waals surface area (Å²) in [7, 11) is 0. The van der Waals surface area contributed by atoms with Crippen LogP contribution >= 0.6 is 11.3 Å². The number of ether oxygens (including phenoxy) is 1. The van der Waals surface area contributed by atoms with E-state index in [1.54, 1.807) is 5.51 Å². The first-order chi connectivity index (χ1) is 16.0. The number of anilines is 1. The molecule has 1 amide bonds. The number of carbonyl (C=O) groups is 1. The Morgan fingerprint density at radius 1 is 0.939 bits per heavy atom. The highest BCUT2D eigenvalue weighted by atomic mass is 32.1. The van der Waals surface area contributed by atoms with Crippen molar-refractivity contribution in [3.63, 3.8) is 0 Å². The molecule has 5 nitrogen and oxygen atoms in total. The second kappa shape index (κ2) is 9.96. The average molecular weight is 458 g/mol. The lowest BCUT2D eigenvalue weighted by atomic mass is 9.70. The topological polar surface area (TPSA) is 64.1 Å². The summed E-state index contributed by atoms with van der Waals surface area (Å²) in [5.41, 5.74) is 5.28. The zero-order valence-corrected chi connectivity index (χ0v) is 19.8. The smallest absolute Gasteiger partial charge is 0.232 e. The van der Waals surface area contributed by atoms with E-state index in [-0.39, 0.29) is 11.8 Å². The molecule has 6 heteroatoms. The summed E-state index contributed by atoms with van der Waals surface area (Å²) in [6.45, 7) is 6.57. The van der Waals surface area contributed by atoms with Crippen LogP contribution < -0.4 is 10.1 Å². The quantitative estimate of drug-likeness (QED) is 0.332. The number of hydrogen-bond acceptors (Lipinski definition) is 5. The Balaban J connectivity index is 1.65. The first-order valence-corrected chi connectivity index (χ1v) is 11.8. The minimum atomic E-state index is -0.728. The van der Waals surface area contributed by atoms with E-state index < -0.39 is 5.41 Å². The lowest BCUT2D eigenvalue weighted by Crippen LogP contribution is -2.37. The van der Waals surface area contributed by atoms with Gasteiger partial charge in [0.15, 0.2) is 0 Å². The molecular weight excluding hydrogens is 430 g/mol. The van der Waals surface area contributed by atoms with E-state index in [4.69, 9.17) is 4.74 Å². The van der Waals surface area contributed by atoms with E-state index in [1.807, 2.05) is 51.1 Å². The number of aromatic nitrogens is 2. The fourth-order valence-electron chi connectivity index (χ4n) is 4.07. The van der Waals surface area contributed by atoms with E-state index in [0.717, 1.165) is 28.0 Å². The maximum atomic E-state index is 13.3. The van der Waals surface area contributed by atoms with E-state index in [1.165, 1.54) is 11.3 Å². The predicted octanol–water partition coefficient (Wildman–Crippen LogP) is 6.40. The van der Waals surface area contributed by atoms with Crippen molar-refractivity contribution in [1.82, 2.24) is 10.2 Å². The van der Waals surface area contributed by atoms with Crippen LogP contribution in [0.3, 0.4) is 0 Å². The zero-order chi connectivity index (χ0) is 23.3. The maximum Gasteiger partial charge on any atom is 0.232 e. The molecule has 0 aliphatic heterocycles. The molecule has 1 N–H and O–H groups in total. The molecule has 1 unspecified atom stereocenters. The molecule has 0 aliphatic carbocycles. The third kappa shape index (κ3) is 5.12. The summed E-state index contributed by atoms with van der Waals surface area (Å²) in [5.74, 6) is 0.634. The molecule has 0 radical (unpaired) electrons. The van der Waals surface area contributed by atoms with Crippen LogP contribution in [0.15, 0.2) is 84.4 Å². The predicted molar refractivity (Wildman–Crippen MR) is 134 cm³/mol. The molecule has 0 fully saturated rings. The highest BCUT2D eigenvalue weighted by molar-refractivity contribution is 7.13. The maximum absolute atomic E-state index is 13.3. The van der Waals surface area contributed by atoms with Crippen molar-refractivity contribution < 1.29 is 9.53 Å². The molecular formula is C27H27N3O2S. The molecule has 0 bridgehead atoms. The molecule has 4 aromatic rings. The SMILES string of the molecule is CCOc1ccc(-c2ccc(C(c3ccccc3)C(C)(C)C(=O)Nc3nncs3)cc2)cc1. The van der Waals surface area contributed by atoms with Crippen molar-refractivity contribution in [2.45, 2.75) is 26.7 Å². The normalized spacial score (nSPS) is 12.2. The van der Waals surface area contributed by atoms with Crippen LogP contribution in [0, 0.1) is 5.41 Å². The van der Waals surface area contributed by atoms with Crippen molar-refractivity contribution in [1.29, 1.82) is 0 Å². The Kier molecular flexibility index (Phi) is 6.84. The highest BCUT2D eigenvalue weighted by Crippen LogP contribution is 2.42. The van der Waals surface area contributed by atoms with Crippen molar-refractivity contribution in [3.8, 4) is 16.9 Å². The summed E-state index contributed by atoms with van der Waals surface area (Å²) < 4.78 is 5.55. The number of amides is 1. The number of nitrogens with one attached hydrogen (secondary N) is 1. The summed E-state index contributed by atoms with van der Waals surface area (Å²) in [6.07, 6.45) is 0. The second-order valence-corrected chi connectivity index (χ2v) is 9.18. The van der Waals surface area contributed by atoms with Gasteiger partial charge in [-0.2, -0.15) is 0 Å². The van der Waals surface area contributed by atoms with Crippen LogP contribution in [0.5, 0.6) is 5.75 Å². The Bertz CT molecular complexity index is 1170. The van der Waals surface area contributed by atoms with Crippen LogP contribution in [-0.4, -0.2) is 22.7 Å². The molecule has 1 heterocycles. The summed E-state index contributed by atoms with van der Waals surface area (Å²) in [4.78, 5) is 13.3. The van der Waals surface area contributed by atoms with E-state index in [0.29, 0.717) is 11.7 Å². The van der Waals surface area contributed by atoms with Crippen molar-refractivity contribution >= 4 is 22.4 Å². The zero-order valence-electron chi connectivity index (χ0n) is 19.0. The molecule has 4 rings (SSSR count). The van der Waals surface area contributed by atoms with Gasteiger partial charge in [0.1, 0.15) is 11.3 Å². The third-order valence-corrected chi connectivity index (χ3v) is 6.37. The molecule has 3 aromatic carbocycles. The third-order valence-electron chi connectivity index (χ3n) is 5.76. The van der Waals surface area contributed by atoms with Gasteiger partial charge in [-0.1, -0.05) is 91.9 Å². The molecule has 0 aliphatic rings. The lowest BCUT2D eigenvalue weighted by molar-refractivity contribution is -0.124. The minimum Gasteiger partial charge on any atom is -0.494 e. The highest BCUT2D eigenvalue weighted by Gasteiger charge is 2.39. The largest absolute Gasteiger partial charge is 0.494 e. The summed E-state index contributed by atoms with van der Waals surface area (Å²) in [5, 5.41) is 11.2. The van der Waals surface area contributed by atoms with Gasteiger partial charge in [0.2, 0.25) is 11.0 Å². The van der Waals surface area contributed by atoms with Gasteiger partial charge in [-0.15, -0.1) is 10.2 Å². The van der Waals surface area contributed by atoms with Crippen LogP contribution in [0.4, 0.5) is 5.13 Å². The van der Waals surface area contributed by atoms with Crippen LogP contribution in [0.2, 0.25) is 0 Å². The van der Waals surface area contributed by atoms with Crippen LogP contribution in [0.1, 0.15) is 37.8 Å². The van der Waals surface area contributed by atoms with E-state index in [2.05, 4.69) is 64.0 Å². The molecule has 33 heavy (non-hydrogen) atoms.